The molecule has 0 atom stereocenters. The highest BCUT2D eigenvalue weighted by Gasteiger charge is 2.02. The molecule has 0 aliphatic heterocycles. The summed E-state index contributed by atoms with van der Waals surface area (Å²) in [4.78, 5) is 21.6. The first-order chi connectivity index (χ1) is 11.2. The fourth-order valence-corrected chi connectivity index (χ4v) is 1.54. The highest BCUT2D eigenvalue weighted by Crippen LogP contribution is 2.01. The molecule has 0 unspecified atom stereocenters. The van der Waals surface area contributed by atoms with Crippen LogP contribution in [0.15, 0.2) is 30.3 Å². The molecule has 8 nitrogen and oxygen atoms in total. The highest BCUT2D eigenvalue weighted by atomic mass is 32.2. The molecule has 0 aromatic heterocycles. The van der Waals surface area contributed by atoms with Gasteiger partial charge in [-0.3, -0.25) is 9.35 Å². The molecule has 1 amide bonds. The number of alkyl carbamates (subject to hydrolysis) is 1. The lowest BCUT2D eigenvalue weighted by molar-refractivity contribution is -0.137. The molecule has 3 N–H and O–H groups in total. The highest BCUT2D eigenvalue weighted by molar-refractivity contribution is 7.85. The SMILES string of the molecule is CS(=O)(=O)O.O=C(O)CCCCCNC(=O)OCc1ccccc1. The van der Waals surface area contributed by atoms with Crippen LogP contribution in [0.4, 0.5) is 4.79 Å². The van der Waals surface area contributed by atoms with Crippen LogP contribution in [0.25, 0.3) is 0 Å². The Kier molecular flexibility index (Phi) is 11.2. The lowest BCUT2D eigenvalue weighted by Gasteiger charge is -2.06. The first-order valence-electron chi connectivity index (χ1n) is 7.27. The summed E-state index contributed by atoms with van der Waals surface area (Å²) in [6.45, 7) is 0.763. The Morgan fingerprint density at radius 2 is 1.71 bits per heavy atom. The summed E-state index contributed by atoms with van der Waals surface area (Å²) in [5.74, 6) is -0.782. The van der Waals surface area contributed by atoms with Crippen molar-refractivity contribution < 1.29 is 32.4 Å². The van der Waals surface area contributed by atoms with E-state index < -0.39 is 22.2 Å². The molecule has 0 aliphatic rings. The van der Waals surface area contributed by atoms with Crippen LogP contribution in [0, 0.1) is 0 Å². The van der Waals surface area contributed by atoms with Gasteiger partial charge in [-0.25, -0.2) is 4.79 Å². The Morgan fingerprint density at radius 3 is 2.25 bits per heavy atom. The van der Waals surface area contributed by atoms with Gasteiger partial charge >= 0.3 is 12.1 Å². The molecular formula is C15H23NO7S. The van der Waals surface area contributed by atoms with Crippen LogP contribution in [0.2, 0.25) is 0 Å². The number of hydrogen-bond acceptors (Lipinski definition) is 5. The van der Waals surface area contributed by atoms with Crippen LogP contribution < -0.4 is 5.32 Å². The van der Waals surface area contributed by atoms with Gasteiger partial charge < -0.3 is 15.2 Å². The summed E-state index contributed by atoms with van der Waals surface area (Å²) in [7, 11) is -3.67. The average Bonchev–Trinajstić information content (AvgIpc) is 2.48. The van der Waals surface area contributed by atoms with Crippen LogP contribution >= 0.6 is 0 Å². The minimum absolute atomic E-state index is 0.179. The van der Waals surface area contributed by atoms with Gasteiger partial charge in [0.15, 0.2) is 0 Å². The van der Waals surface area contributed by atoms with Gasteiger partial charge in [-0.15, -0.1) is 0 Å². The van der Waals surface area contributed by atoms with E-state index in [2.05, 4.69) is 5.32 Å². The molecule has 0 fully saturated rings. The van der Waals surface area contributed by atoms with Crippen LogP contribution in [-0.2, 0) is 26.3 Å². The molecule has 0 radical (unpaired) electrons. The molecule has 1 rings (SSSR count). The number of unbranched alkanes of at least 4 members (excludes halogenated alkanes) is 2. The maximum Gasteiger partial charge on any atom is 0.407 e. The van der Waals surface area contributed by atoms with E-state index >= 15 is 0 Å². The van der Waals surface area contributed by atoms with Gasteiger partial charge in [-0.05, 0) is 18.4 Å². The number of carbonyl (C=O) groups is 2. The predicted molar refractivity (Wildman–Crippen MR) is 88.2 cm³/mol. The van der Waals surface area contributed by atoms with Gasteiger partial charge in [0.1, 0.15) is 6.61 Å². The second kappa shape index (κ2) is 12.3. The molecule has 0 saturated carbocycles. The van der Waals surface area contributed by atoms with Crippen molar-refractivity contribution in [1.29, 1.82) is 0 Å². The quantitative estimate of drug-likeness (QED) is 0.477. The lowest BCUT2D eigenvalue weighted by Crippen LogP contribution is -2.25. The van der Waals surface area contributed by atoms with Gasteiger partial charge in [0, 0.05) is 13.0 Å². The van der Waals surface area contributed by atoms with Gasteiger partial charge in [0.25, 0.3) is 10.1 Å². The molecule has 136 valence electrons. The largest absolute Gasteiger partial charge is 0.481 e. The Labute approximate surface area is 141 Å². The van der Waals surface area contributed by atoms with Crippen molar-refractivity contribution in [3.63, 3.8) is 0 Å². The van der Waals surface area contributed by atoms with Gasteiger partial charge in [0.2, 0.25) is 0 Å². The lowest BCUT2D eigenvalue weighted by atomic mass is 10.2. The number of ether oxygens (including phenoxy) is 1. The molecule has 0 bridgehead atoms. The topological polar surface area (TPSA) is 130 Å². The maximum absolute atomic E-state index is 11.3. The van der Waals surface area contributed by atoms with Crippen molar-refractivity contribution in [3.8, 4) is 0 Å². The smallest absolute Gasteiger partial charge is 0.407 e. The maximum atomic E-state index is 11.3. The summed E-state index contributed by atoms with van der Waals surface area (Å²) < 4.78 is 30.9. The first-order valence-corrected chi connectivity index (χ1v) is 9.12. The van der Waals surface area contributed by atoms with Crippen molar-refractivity contribution in [3.05, 3.63) is 35.9 Å². The Morgan fingerprint density at radius 1 is 1.12 bits per heavy atom. The number of aliphatic carboxylic acids is 1. The van der Waals surface area contributed by atoms with E-state index in [1.54, 1.807) is 0 Å². The number of carbonyl (C=O) groups excluding carboxylic acids is 1. The van der Waals surface area contributed by atoms with E-state index in [1.807, 2.05) is 30.3 Å². The summed E-state index contributed by atoms with van der Waals surface area (Å²) in [6, 6.07) is 9.46. The Bertz CT molecular complexity index is 579. The minimum Gasteiger partial charge on any atom is -0.481 e. The van der Waals surface area contributed by atoms with E-state index in [9.17, 15) is 18.0 Å². The van der Waals surface area contributed by atoms with E-state index in [-0.39, 0.29) is 13.0 Å². The zero-order valence-electron chi connectivity index (χ0n) is 13.5. The molecule has 0 aliphatic carbocycles. The summed E-state index contributed by atoms with van der Waals surface area (Å²) in [5.41, 5.74) is 0.944. The standard InChI is InChI=1S/C14H19NO4.CH4O3S/c16-13(17)9-5-2-6-10-15-14(18)19-11-12-7-3-1-4-8-12;1-5(2,3)4/h1,3-4,7-8H,2,5-6,9-11H2,(H,15,18)(H,16,17);1H3,(H,2,3,4). The molecule has 0 saturated heterocycles. The van der Waals surface area contributed by atoms with Crippen molar-refractivity contribution in [2.24, 2.45) is 0 Å². The number of hydrogen-bond donors (Lipinski definition) is 3. The van der Waals surface area contributed by atoms with Crippen LogP contribution in [0.1, 0.15) is 31.2 Å². The number of rotatable bonds is 8. The second-order valence-electron chi connectivity index (χ2n) is 4.93. The predicted octanol–water partition coefficient (Wildman–Crippen LogP) is 2.06. The summed E-state index contributed by atoms with van der Waals surface area (Å²) in [5, 5.41) is 11.1. The molecule has 0 heterocycles. The van der Waals surface area contributed by atoms with Crippen molar-refractivity contribution in [2.75, 3.05) is 12.8 Å². The van der Waals surface area contributed by atoms with Crippen LogP contribution in [-0.4, -0.2) is 42.9 Å². The number of carboxylic acid groups (broad SMARTS) is 1. The average molecular weight is 361 g/mol. The minimum atomic E-state index is -3.67. The molecule has 9 heteroatoms. The van der Waals surface area contributed by atoms with Crippen molar-refractivity contribution in [2.45, 2.75) is 32.3 Å². The zero-order chi connectivity index (χ0) is 18.4. The van der Waals surface area contributed by atoms with E-state index in [0.29, 0.717) is 19.2 Å². The molecule has 0 spiro atoms. The van der Waals surface area contributed by atoms with Gasteiger partial charge in [-0.2, -0.15) is 8.42 Å². The molecular weight excluding hydrogens is 338 g/mol. The van der Waals surface area contributed by atoms with Crippen molar-refractivity contribution in [1.82, 2.24) is 5.32 Å². The van der Waals surface area contributed by atoms with Crippen LogP contribution in [0.3, 0.4) is 0 Å². The number of benzene rings is 1. The molecule has 1 aromatic carbocycles. The Balaban J connectivity index is 0.000000922. The molecule has 24 heavy (non-hydrogen) atoms. The van der Waals surface area contributed by atoms with E-state index in [4.69, 9.17) is 14.4 Å². The first kappa shape index (κ1) is 21.9. The third kappa shape index (κ3) is 17.9. The number of nitrogens with one attached hydrogen (secondary N) is 1. The normalized spacial score (nSPS) is 10.2. The fraction of sp³-hybridized carbons (Fsp3) is 0.467. The van der Waals surface area contributed by atoms with E-state index in [1.165, 1.54) is 0 Å². The second-order valence-corrected chi connectivity index (χ2v) is 6.39. The van der Waals surface area contributed by atoms with Gasteiger partial charge in [-0.1, -0.05) is 36.8 Å². The van der Waals surface area contributed by atoms with Gasteiger partial charge in [0.05, 0.1) is 6.26 Å². The third-order valence-corrected chi connectivity index (χ3v) is 2.55. The summed E-state index contributed by atoms with van der Waals surface area (Å²) in [6.07, 6.45) is 2.63. The van der Waals surface area contributed by atoms with Crippen molar-refractivity contribution >= 4 is 22.2 Å². The fourth-order valence-electron chi connectivity index (χ4n) is 1.54. The monoisotopic (exact) mass is 361 g/mol. The van der Waals surface area contributed by atoms with Crippen LogP contribution in [0.5, 0.6) is 0 Å². The number of amides is 1. The summed E-state index contributed by atoms with van der Waals surface area (Å²) >= 11 is 0. The third-order valence-electron chi connectivity index (χ3n) is 2.55. The Hall–Kier alpha value is -2.13. The zero-order valence-corrected chi connectivity index (χ0v) is 14.3. The van der Waals surface area contributed by atoms with E-state index in [0.717, 1.165) is 18.4 Å². The molecule has 1 aromatic rings. The number of carboxylic acids is 1.